The second-order valence-electron chi connectivity index (χ2n) is 6.35. The van der Waals surface area contributed by atoms with Crippen molar-refractivity contribution in [1.82, 2.24) is 20.4 Å². The molecule has 0 aliphatic heterocycles. The molecule has 2 N–H and O–H groups in total. The van der Waals surface area contributed by atoms with Gasteiger partial charge >= 0.3 is 0 Å². The molecule has 0 spiro atoms. The third-order valence-corrected chi connectivity index (χ3v) is 3.73. The average molecular weight is 473 g/mol. The Bertz CT molecular complexity index is 667. The number of nitrogens with one attached hydrogen (secondary N) is 2. The molecule has 0 fully saturated rings. The normalized spacial score (nSPS) is 11.3. The van der Waals surface area contributed by atoms with E-state index in [4.69, 9.17) is 0 Å². The van der Waals surface area contributed by atoms with Gasteiger partial charge in [-0.2, -0.15) is 5.10 Å². The third kappa shape index (κ3) is 7.72. The summed E-state index contributed by atoms with van der Waals surface area (Å²) in [7, 11) is 0. The maximum absolute atomic E-state index is 13.0. The molecular weight excluding hydrogens is 444 g/mol. The highest BCUT2D eigenvalue weighted by Gasteiger charge is 2.03. The fraction of sp³-hybridized carbons (Fsp3) is 0.474. The molecule has 7 heteroatoms. The maximum atomic E-state index is 13.0. The summed E-state index contributed by atoms with van der Waals surface area (Å²) in [5.74, 6) is 1.26. The summed E-state index contributed by atoms with van der Waals surface area (Å²) in [6, 6.07) is 8.29. The second kappa shape index (κ2) is 11.9. The lowest BCUT2D eigenvalue weighted by atomic mass is 10.1. The predicted molar refractivity (Wildman–Crippen MR) is 116 cm³/mol. The summed E-state index contributed by atoms with van der Waals surface area (Å²) in [4.78, 5) is 4.58. The molecule has 0 saturated heterocycles. The number of aromatic nitrogens is 2. The zero-order valence-corrected chi connectivity index (χ0v) is 18.0. The number of hydrogen-bond donors (Lipinski definition) is 2. The summed E-state index contributed by atoms with van der Waals surface area (Å²) in [5, 5.41) is 11.1. The molecule has 1 aromatic heterocycles. The minimum atomic E-state index is -0.243. The van der Waals surface area contributed by atoms with Crippen molar-refractivity contribution < 1.29 is 4.39 Å². The van der Waals surface area contributed by atoms with Gasteiger partial charge in [0.15, 0.2) is 5.96 Å². The minimum Gasteiger partial charge on any atom is -0.357 e. The lowest BCUT2D eigenvalue weighted by Crippen LogP contribution is -2.38. The fourth-order valence-electron chi connectivity index (χ4n) is 2.32. The summed E-state index contributed by atoms with van der Waals surface area (Å²) in [6.07, 6.45) is 3.77. The van der Waals surface area contributed by atoms with E-state index in [1.54, 1.807) is 16.8 Å². The first-order valence-electron chi connectivity index (χ1n) is 8.91. The van der Waals surface area contributed by atoms with Gasteiger partial charge in [0.2, 0.25) is 0 Å². The molecule has 144 valence electrons. The number of halogens is 2. The van der Waals surface area contributed by atoms with Gasteiger partial charge in [0.05, 0.1) is 11.4 Å². The van der Waals surface area contributed by atoms with E-state index in [-0.39, 0.29) is 29.8 Å². The zero-order valence-electron chi connectivity index (χ0n) is 15.7. The van der Waals surface area contributed by atoms with Crippen LogP contribution in [-0.2, 0) is 6.42 Å². The van der Waals surface area contributed by atoms with Gasteiger partial charge in [0.25, 0.3) is 0 Å². The van der Waals surface area contributed by atoms with Crippen LogP contribution in [0.5, 0.6) is 0 Å². The Morgan fingerprint density at radius 2 is 1.92 bits per heavy atom. The number of benzene rings is 1. The van der Waals surface area contributed by atoms with Gasteiger partial charge in [-0.05, 0) is 49.6 Å². The Labute approximate surface area is 172 Å². The van der Waals surface area contributed by atoms with Crippen molar-refractivity contribution in [3.63, 3.8) is 0 Å². The quantitative estimate of drug-likeness (QED) is 0.349. The summed E-state index contributed by atoms with van der Waals surface area (Å²) in [6.45, 7) is 8.89. The van der Waals surface area contributed by atoms with Crippen molar-refractivity contribution in [3.8, 4) is 5.69 Å². The highest BCUT2D eigenvalue weighted by molar-refractivity contribution is 14.0. The Kier molecular flexibility index (Phi) is 10.2. The van der Waals surface area contributed by atoms with E-state index in [9.17, 15) is 4.39 Å². The van der Waals surface area contributed by atoms with Crippen LogP contribution < -0.4 is 10.6 Å². The van der Waals surface area contributed by atoms with Crippen LogP contribution in [0.2, 0.25) is 0 Å². The first-order valence-corrected chi connectivity index (χ1v) is 8.91. The molecule has 0 amide bonds. The van der Waals surface area contributed by atoms with Gasteiger partial charge in [-0.3, -0.25) is 4.99 Å². The Balaban J connectivity index is 0.00000338. The molecular formula is C19H29FIN5. The van der Waals surface area contributed by atoms with Crippen molar-refractivity contribution in [2.75, 3.05) is 19.6 Å². The average Bonchev–Trinajstić information content (AvgIpc) is 3.04. The Morgan fingerprint density at radius 3 is 2.58 bits per heavy atom. The standard InChI is InChI=1S/C19H28FN5.HI/c1-4-21-19(22-12-9-15(2)3)23-13-10-17-11-14-25(24-17)18-7-5-16(20)6-8-18;/h5-8,11,14-15H,4,9-10,12-13H2,1-3H3,(H2,21,22,23);1H. The Hall–Kier alpha value is -1.64. The SMILES string of the molecule is CCNC(=NCCC(C)C)NCCc1ccn(-c2ccc(F)cc2)n1.I. The number of hydrogen-bond acceptors (Lipinski definition) is 2. The first-order chi connectivity index (χ1) is 12.1. The lowest BCUT2D eigenvalue weighted by Gasteiger charge is -2.11. The van der Waals surface area contributed by atoms with Crippen LogP contribution in [-0.4, -0.2) is 35.4 Å². The van der Waals surface area contributed by atoms with Crippen LogP contribution in [0.1, 0.15) is 32.9 Å². The third-order valence-electron chi connectivity index (χ3n) is 3.73. The molecule has 0 atom stereocenters. The fourth-order valence-corrected chi connectivity index (χ4v) is 2.32. The zero-order chi connectivity index (χ0) is 18.1. The molecule has 0 aliphatic rings. The monoisotopic (exact) mass is 473 g/mol. The van der Waals surface area contributed by atoms with Crippen molar-refractivity contribution in [1.29, 1.82) is 0 Å². The van der Waals surface area contributed by atoms with Gasteiger partial charge in [0.1, 0.15) is 5.82 Å². The molecule has 26 heavy (non-hydrogen) atoms. The van der Waals surface area contributed by atoms with Gasteiger partial charge in [-0.25, -0.2) is 9.07 Å². The van der Waals surface area contributed by atoms with E-state index in [0.29, 0.717) is 5.92 Å². The molecule has 0 saturated carbocycles. The van der Waals surface area contributed by atoms with E-state index in [2.05, 4.69) is 41.5 Å². The van der Waals surface area contributed by atoms with E-state index in [0.717, 1.165) is 49.8 Å². The molecule has 5 nitrogen and oxygen atoms in total. The summed E-state index contributed by atoms with van der Waals surface area (Å²) in [5.41, 5.74) is 1.83. The Morgan fingerprint density at radius 1 is 1.19 bits per heavy atom. The molecule has 1 heterocycles. The predicted octanol–water partition coefficient (Wildman–Crippen LogP) is 3.77. The van der Waals surface area contributed by atoms with Crippen LogP contribution in [0.25, 0.3) is 5.69 Å². The topological polar surface area (TPSA) is 54.2 Å². The number of guanidine groups is 1. The van der Waals surface area contributed by atoms with Gasteiger partial charge in [-0.1, -0.05) is 13.8 Å². The number of aliphatic imine (C=N–C) groups is 1. The number of rotatable bonds is 8. The van der Waals surface area contributed by atoms with Crippen LogP contribution in [0, 0.1) is 11.7 Å². The van der Waals surface area contributed by atoms with E-state index < -0.39 is 0 Å². The van der Waals surface area contributed by atoms with Crippen LogP contribution >= 0.6 is 24.0 Å². The number of nitrogens with zero attached hydrogens (tertiary/aromatic N) is 3. The van der Waals surface area contributed by atoms with Crippen molar-refractivity contribution in [2.45, 2.75) is 33.6 Å². The van der Waals surface area contributed by atoms with Crippen molar-refractivity contribution in [3.05, 3.63) is 48.0 Å². The largest absolute Gasteiger partial charge is 0.357 e. The van der Waals surface area contributed by atoms with E-state index in [1.165, 1.54) is 12.1 Å². The van der Waals surface area contributed by atoms with E-state index >= 15 is 0 Å². The van der Waals surface area contributed by atoms with Crippen molar-refractivity contribution in [2.24, 2.45) is 10.9 Å². The highest BCUT2D eigenvalue weighted by atomic mass is 127. The molecule has 0 bridgehead atoms. The molecule has 0 unspecified atom stereocenters. The smallest absolute Gasteiger partial charge is 0.191 e. The lowest BCUT2D eigenvalue weighted by molar-refractivity contribution is 0.594. The van der Waals surface area contributed by atoms with Gasteiger partial charge in [-0.15, -0.1) is 24.0 Å². The van der Waals surface area contributed by atoms with Gasteiger partial charge < -0.3 is 10.6 Å². The van der Waals surface area contributed by atoms with E-state index in [1.807, 2.05) is 12.3 Å². The second-order valence-corrected chi connectivity index (χ2v) is 6.35. The summed E-state index contributed by atoms with van der Waals surface area (Å²) >= 11 is 0. The van der Waals surface area contributed by atoms with Crippen LogP contribution in [0.15, 0.2) is 41.5 Å². The molecule has 1 aromatic carbocycles. The molecule has 2 rings (SSSR count). The van der Waals surface area contributed by atoms with Crippen LogP contribution in [0.3, 0.4) is 0 Å². The molecule has 2 aromatic rings. The summed E-state index contributed by atoms with van der Waals surface area (Å²) < 4.78 is 14.8. The molecule has 0 radical (unpaired) electrons. The minimum absolute atomic E-state index is 0. The molecule has 0 aliphatic carbocycles. The first kappa shape index (κ1) is 22.4. The highest BCUT2D eigenvalue weighted by Crippen LogP contribution is 2.09. The van der Waals surface area contributed by atoms with Crippen molar-refractivity contribution >= 4 is 29.9 Å². The van der Waals surface area contributed by atoms with Gasteiger partial charge in [0, 0.05) is 32.3 Å². The van der Waals surface area contributed by atoms with Crippen LogP contribution in [0.4, 0.5) is 4.39 Å². The maximum Gasteiger partial charge on any atom is 0.191 e.